The molecule has 0 bridgehead atoms. The molecule has 1 aliphatic rings. The van der Waals surface area contributed by atoms with Crippen LogP contribution in [0.3, 0.4) is 0 Å². The number of nitrogens with one attached hydrogen (secondary N) is 2. The number of aromatic nitrogens is 1. The second kappa shape index (κ2) is 4.96. The van der Waals surface area contributed by atoms with Crippen LogP contribution in [0.25, 0.3) is 0 Å². The van der Waals surface area contributed by atoms with Crippen LogP contribution in [0.15, 0.2) is 23.4 Å². The molecule has 1 saturated carbocycles. The van der Waals surface area contributed by atoms with E-state index in [-0.39, 0.29) is 11.3 Å². The number of carbonyl (C=O) groups is 1. The molecule has 98 valence electrons. The van der Waals surface area contributed by atoms with E-state index in [4.69, 9.17) is 0 Å². The standard InChI is InChI=1S/C14H21N3O/c1-10-7-11(9-14(2,3)8-10)16-17-13(18)12-5-4-6-15-12/h4-6,10,15H,7-9H2,1-3H3,(H,17,18)/b16-11+/t10-/m0/s1. The highest BCUT2D eigenvalue weighted by Crippen LogP contribution is 2.36. The molecule has 2 N–H and O–H groups in total. The van der Waals surface area contributed by atoms with Gasteiger partial charge < -0.3 is 4.98 Å². The number of amides is 1. The van der Waals surface area contributed by atoms with Crippen molar-refractivity contribution in [1.29, 1.82) is 0 Å². The lowest BCUT2D eigenvalue weighted by Gasteiger charge is -2.34. The maximum absolute atomic E-state index is 11.7. The van der Waals surface area contributed by atoms with Crippen LogP contribution in [-0.2, 0) is 0 Å². The molecule has 1 aliphatic carbocycles. The summed E-state index contributed by atoms with van der Waals surface area (Å²) in [5.41, 5.74) is 4.56. The van der Waals surface area contributed by atoms with Gasteiger partial charge in [0.05, 0.1) is 0 Å². The fraction of sp³-hybridized carbons (Fsp3) is 0.571. The summed E-state index contributed by atoms with van der Waals surface area (Å²) in [6, 6.07) is 3.54. The predicted octanol–water partition coefficient (Wildman–Crippen LogP) is 2.95. The Morgan fingerprint density at radius 3 is 2.94 bits per heavy atom. The van der Waals surface area contributed by atoms with E-state index in [1.54, 1.807) is 18.3 Å². The maximum Gasteiger partial charge on any atom is 0.287 e. The summed E-state index contributed by atoms with van der Waals surface area (Å²) in [5.74, 6) is 0.457. The molecular formula is C14H21N3O. The number of hydrazone groups is 1. The smallest absolute Gasteiger partial charge is 0.287 e. The Labute approximate surface area is 108 Å². The summed E-state index contributed by atoms with van der Waals surface area (Å²) in [5, 5.41) is 4.28. The summed E-state index contributed by atoms with van der Waals surface area (Å²) in [6.45, 7) is 6.75. The Kier molecular flexibility index (Phi) is 3.55. The third-order valence-electron chi connectivity index (χ3n) is 3.33. The molecule has 18 heavy (non-hydrogen) atoms. The van der Waals surface area contributed by atoms with Gasteiger partial charge in [0.25, 0.3) is 5.91 Å². The van der Waals surface area contributed by atoms with Crippen molar-refractivity contribution in [2.24, 2.45) is 16.4 Å². The zero-order valence-corrected chi connectivity index (χ0v) is 11.3. The first kappa shape index (κ1) is 12.9. The number of carbonyl (C=O) groups excluding carboxylic acids is 1. The highest BCUT2D eigenvalue weighted by molar-refractivity contribution is 5.94. The normalized spacial score (nSPS) is 25.1. The molecule has 0 aromatic carbocycles. The predicted molar refractivity (Wildman–Crippen MR) is 72.5 cm³/mol. The van der Waals surface area contributed by atoms with Crippen LogP contribution in [0.5, 0.6) is 0 Å². The van der Waals surface area contributed by atoms with Crippen LogP contribution in [0.2, 0.25) is 0 Å². The van der Waals surface area contributed by atoms with Gasteiger partial charge in [-0.25, -0.2) is 5.43 Å². The number of aromatic amines is 1. The van der Waals surface area contributed by atoms with Gasteiger partial charge in [0.15, 0.2) is 0 Å². The van der Waals surface area contributed by atoms with Gasteiger partial charge >= 0.3 is 0 Å². The SMILES string of the molecule is C[C@H]1C/C(=N\NC(=O)c2ccc[nH]2)CC(C)(C)C1. The first-order valence-electron chi connectivity index (χ1n) is 6.45. The number of hydrogen-bond donors (Lipinski definition) is 2. The highest BCUT2D eigenvalue weighted by atomic mass is 16.2. The molecule has 1 heterocycles. The lowest BCUT2D eigenvalue weighted by molar-refractivity contribution is 0.0949. The van der Waals surface area contributed by atoms with E-state index < -0.39 is 0 Å². The minimum absolute atomic E-state index is 0.177. The Morgan fingerprint density at radius 2 is 2.33 bits per heavy atom. The molecule has 4 nitrogen and oxygen atoms in total. The van der Waals surface area contributed by atoms with Crippen LogP contribution in [0.1, 0.15) is 50.5 Å². The van der Waals surface area contributed by atoms with Gasteiger partial charge in [0.1, 0.15) is 5.69 Å². The number of nitrogens with zero attached hydrogens (tertiary/aromatic N) is 1. The van der Waals surface area contributed by atoms with Crippen molar-refractivity contribution < 1.29 is 4.79 Å². The van der Waals surface area contributed by atoms with E-state index in [9.17, 15) is 4.79 Å². The number of H-pyrrole nitrogens is 1. The molecule has 1 aromatic heterocycles. The van der Waals surface area contributed by atoms with E-state index >= 15 is 0 Å². The average molecular weight is 247 g/mol. The summed E-state index contributed by atoms with van der Waals surface area (Å²) in [4.78, 5) is 14.6. The second-order valence-electron chi connectivity index (χ2n) is 6.06. The fourth-order valence-corrected chi connectivity index (χ4v) is 2.86. The van der Waals surface area contributed by atoms with Gasteiger partial charge in [-0.3, -0.25) is 4.79 Å². The Balaban J connectivity index is 1.99. The lowest BCUT2D eigenvalue weighted by atomic mass is 9.72. The molecule has 0 saturated heterocycles. The Hall–Kier alpha value is -1.58. The molecule has 4 heteroatoms. The van der Waals surface area contributed by atoms with Crippen molar-refractivity contribution in [3.05, 3.63) is 24.0 Å². The van der Waals surface area contributed by atoms with Gasteiger partial charge in [-0.05, 0) is 42.7 Å². The number of hydrogen-bond acceptors (Lipinski definition) is 2. The summed E-state index contributed by atoms with van der Waals surface area (Å²) >= 11 is 0. The first-order chi connectivity index (χ1) is 8.46. The summed E-state index contributed by atoms with van der Waals surface area (Å²) < 4.78 is 0. The molecule has 2 rings (SSSR count). The Bertz CT molecular complexity index is 446. The van der Waals surface area contributed by atoms with Crippen molar-refractivity contribution in [2.45, 2.75) is 40.0 Å². The highest BCUT2D eigenvalue weighted by Gasteiger charge is 2.29. The van der Waals surface area contributed by atoms with Crippen molar-refractivity contribution in [1.82, 2.24) is 10.4 Å². The third-order valence-corrected chi connectivity index (χ3v) is 3.33. The van der Waals surface area contributed by atoms with Gasteiger partial charge in [-0.15, -0.1) is 0 Å². The van der Waals surface area contributed by atoms with E-state index in [0.717, 1.165) is 18.6 Å². The zero-order chi connectivity index (χ0) is 13.2. The average Bonchev–Trinajstić information content (AvgIpc) is 2.76. The molecule has 1 aromatic rings. The van der Waals surface area contributed by atoms with Crippen LogP contribution >= 0.6 is 0 Å². The zero-order valence-electron chi connectivity index (χ0n) is 11.3. The van der Waals surface area contributed by atoms with Gasteiger partial charge in [-0.2, -0.15) is 5.10 Å². The third kappa shape index (κ3) is 3.22. The fourth-order valence-electron chi connectivity index (χ4n) is 2.86. The van der Waals surface area contributed by atoms with E-state index in [1.165, 1.54) is 6.42 Å². The largest absolute Gasteiger partial charge is 0.357 e. The minimum atomic E-state index is -0.177. The van der Waals surface area contributed by atoms with Crippen molar-refractivity contribution in [3.63, 3.8) is 0 Å². The van der Waals surface area contributed by atoms with Crippen LogP contribution in [0, 0.1) is 11.3 Å². The quantitative estimate of drug-likeness (QED) is 0.776. The molecule has 1 amide bonds. The molecule has 1 atom stereocenters. The van der Waals surface area contributed by atoms with Crippen LogP contribution in [0.4, 0.5) is 0 Å². The molecule has 1 fully saturated rings. The first-order valence-corrected chi connectivity index (χ1v) is 6.45. The summed E-state index contributed by atoms with van der Waals surface area (Å²) in [7, 11) is 0. The Morgan fingerprint density at radius 1 is 1.56 bits per heavy atom. The monoisotopic (exact) mass is 247 g/mol. The lowest BCUT2D eigenvalue weighted by Crippen LogP contribution is -2.30. The molecule has 0 unspecified atom stereocenters. The van der Waals surface area contributed by atoms with Crippen molar-refractivity contribution in [2.75, 3.05) is 0 Å². The second-order valence-corrected chi connectivity index (χ2v) is 6.06. The summed E-state index contributed by atoms with van der Waals surface area (Å²) in [6.07, 6.45) is 4.89. The van der Waals surface area contributed by atoms with Gasteiger partial charge in [0, 0.05) is 11.9 Å². The minimum Gasteiger partial charge on any atom is -0.357 e. The van der Waals surface area contributed by atoms with Gasteiger partial charge in [-0.1, -0.05) is 20.8 Å². The number of rotatable bonds is 2. The van der Waals surface area contributed by atoms with Crippen LogP contribution < -0.4 is 5.43 Å². The van der Waals surface area contributed by atoms with Crippen molar-refractivity contribution in [3.8, 4) is 0 Å². The van der Waals surface area contributed by atoms with E-state index in [2.05, 4.69) is 36.3 Å². The molecule has 0 spiro atoms. The maximum atomic E-state index is 11.7. The molecule has 0 aliphatic heterocycles. The molecular weight excluding hydrogens is 226 g/mol. The van der Waals surface area contributed by atoms with Crippen molar-refractivity contribution >= 4 is 11.6 Å². The van der Waals surface area contributed by atoms with Gasteiger partial charge in [0.2, 0.25) is 0 Å². The van der Waals surface area contributed by atoms with E-state index in [1.807, 2.05) is 0 Å². The molecule has 0 radical (unpaired) electrons. The van der Waals surface area contributed by atoms with E-state index in [0.29, 0.717) is 11.6 Å². The van der Waals surface area contributed by atoms with Crippen LogP contribution in [-0.4, -0.2) is 16.6 Å². The topological polar surface area (TPSA) is 57.2 Å².